The van der Waals surface area contributed by atoms with Crippen LogP contribution in [0.25, 0.3) is 0 Å². The van der Waals surface area contributed by atoms with Gasteiger partial charge in [0.15, 0.2) is 0 Å². The number of nitrogens with zero attached hydrogens (tertiary/aromatic N) is 2. The van der Waals surface area contributed by atoms with Gasteiger partial charge in [-0.25, -0.2) is 4.39 Å². The van der Waals surface area contributed by atoms with Crippen LogP contribution >= 0.6 is 0 Å². The van der Waals surface area contributed by atoms with Gasteiger partial charge in [-0.2, -0.15) is 0 Å². The largest absolute Gasteiger partial charge is 0.508 e. The van der Waals surface area contributed by atoms with E-state index in [1.165, 1.54) is 18.2 Å². The van der Waals surface area contributed by atoms with E-state index in [0.29, 0.717) is 24.2 Å². The third-order valence-corrected chi connectivity index (χ3v) is 3.87. The maximum atomic E-state index is 13.2. The quantitative estimate of drug-likeness (QED) is 0.872. The molecule has 1 saturated heterocycles. The van der Waals surface area contributed by atoms with Gasteiger partial charge in [-0.05, 0) is 39.1 Å². The lowest BCUT2D eigenvalue weighted by Gasteiger charge is -2.42. The molecule has 2 rings (SSSR count). The van der Waals surface area contributed by atoms with Gasteiger partial charge in [0.25, 0.3) is 0 Å². The Morgan fingerprint density at radius 2 is 1.89 bits per heavy atom. The van der Waals surface area contributed by atoms with Crippen molar-refractivity contribution < 1.29 is 9.50 Å². The molecular formula is C14H21FN2O. The first-order valence-corrected chi connectivity index (χ1v) is 6.39. The van der Waals surface area contributed by atoms with Gasteiger partial charge in [-0.3, -0.25) is 9.80 Å². The Labute approximate surface area is 108 Å². The number of phenols is 1. The topological polar surface area (TPSA) is 26.7 Å². The highest BCUT2D eigenvalue weighted by molar-refractivity contribution is 5.32. The molecule has 3 nitrogen and oxygen atoms in total. The van der Waals surface area contributed by atoms with Gasteiger partial charge in [0.05, 0.1) is 0 Å². The molecule has 2 unspecified atom stereocenters. The molecule has 0 radical (unpaired) electrons. The monoisotopic (exact) mass is 252 g/mol. The van der Waals surface area contributed by atoms with Crippen LogP contribution in [0, 0.1) is 5.82 Å². The number of halogens is 1. The zero-order valence-corrected chi connectivity index (χ0v) is 11.2. The SMILES string of the molecule is CC1CN(Cc2cc(F)ccc2O)CC(C)N1C. The van der Waals surface area contributed by atoms with Gasteiger partial charge in [0.1, 0.15) is 11.6 Å². The number of hydrogen-bond donors (Lipinski definition) is 1. The van der Waals surface area contributed by atoms with E-state index in [0.717, 1.165) is 13.1 Å². The second kappa shape index (κ2) is 5.24. The minimum absolute atomic E-state index is 0.177. The summed E-state index contributed by atoms with van der Waals surface area (Å²) >= 11 is 0. The Balaban J connectivity index is 2.07. The highest BCUT2D eigenvalue weighted by Crippen LogP contribution is 2.22. The third-order valence-electron chi connectivity index (χ3n) is 3.87. The first-order valence-electron chi connectivity index (χ1n) is 6.39. The van der Waals surface area contributed by atoms with Crippen LogP contribution in [0.15, 0.2) is 18.2 Å². The van der Waals surface area contributed by atoms with E-state index in [9.17, 15) is 9.50 Å². The van der Waals surface area contributed by atoms with Crippen molar-refractivity contribution >= 4 is 0 Å². The summed E-state index contributed by atoms with van der Waals surface area (Å²) in [6.45, 7) is 6.86. The number of aromatic hydroxyl groups is 1. The second-order valence-electron chi connectivity index (χ2n) is 5.33. The number of hydrogen-bond acceptors (Lipinski definition) is 3. The van der Waals surface area contributed by atoms with Crippen molar-refractivity contribution in [3.8, 4) is 5.75 Å². The van der Waals surface area contributed by atoms with Gasteiger partial charge in [-0.15, -0.1) is 0 Å². The van der Waals surface area contributed by atoms with Crippen LogP contribution in [0.3, 0.4) is 0 Å². The van der Waals surface area contributed by atoms with Crippen LogP contribution in [-0.2, 0) is 6.54 Å². The zero-order chi connectivity index (χ0) is 13.3. The van der Waals surface area contributed by atoms with E-state index in [1.54, 1.807) is 0 Å². The molecule has 0 aromatic heterocycles. The maximum absolute atomic E-state index is 13.2. The summed E-state index contributed by atoms with van der Waals surface area (Å²) in [6, 6.07) is 5.08. The molecule has 0 bridgehead atoms. The normalized spacial score (nSPS) is 26.4. The second-order valence-corrected chi connectivity index (χ2v) is 5.33. The molecule has 4 heteroatoms. The van der Waals surface area contributed by atoms with Crippen molar-refractivity contribution in [3.05, 3.63) is 29.6 Å². The smallest absolute Gasteiger partial charge is 0.123 e. The summed E-state index contributed by atoms with van der Waals surface area (Å²) in [4.78, 5) is 4.62. The lowest BCUT2D eigenvalue weighted by atomic mass is 10.1. The Hall–Kier alpha value is -1.13. The number of piperazine rings is 1. The molecule has 1 aliphatic heterocycles. The predicted octanol–water partition coefficient (Wildman–Crippen LogP) is 2.06. The number of likely N-dealkylation sites (N-methyl/N-ethyl adjacent to an activating group) is 1. The highest BCUT2D eigenvalue weighted by Gasteiger charge is 2.26. The van der Waals surface area contributed by atoms with Crippen molar-refractivity contribution in [2.45, 2.75) is 32.5 Å². The molecular weight excluding hydrogens is 231 g/mol. The summed E-state index contributed by atoms with van der Waals surface area (Å²) in [5, 5.41) is 9.75. The van der Waals surface area contributed by atoms with E-state index in [1.807, 2.05) is 0 Å². The molecule has 0 amide bonds. The molecule has 1 heterocycles. The molecule has 2 atom stereocenters. The van der Waals surface area contributed by atoms with Crippen molar-refractivity contribution in [3.63, 3.8) is 0 Å². The number of rotatable bonds is 2. The Bertz CT molecular complexity index is 412. The molecule has 0 saturated carbocycles. The average Bonchev–Trinajstić information content (AvgIpc) is 2.31. The van der Waals surface area contributed by atoms with Crippen LogP contribution in [0.5, 0.6) is 5.75 Å². The fourth-order valence-electron chi connectivity index (χ4n) is 2.56. The van der Waals surface area contributed by atoms with Gasteiger partial charge >= 0.3 is 0 Å². The molecule has 0 aliphatic carbocycles. The third kappa shape index (κ3) is 2.82. The van der Waals surface area contributed by atoms with Gasteiger partial charge < -0.3 is 5.11 Å². The van der Waals surface area contributed by atoms with E-state index in [4.69, 9.17) is 0 Å². The summed E-state index contributed by atoms with van der Waals surface area (Å²) in [7, 11) is 2.13. The van der Waals surface area contributed by atoms with Gasteiger partial charge in [0, 0.05) is 37.3 Å². The minimum Gasteiger partial charge on any atom is -0.508 e. The van der Waals surface area contributed by atoms with E-state index in [-0.39, 0.29) is 11.6 Å². The van der Waals surface area contributed by atoms with Crippen LogP contribution in [0.4, 0.5) is 4.39 Å². The number of benzene rings is 1. The molecule has 1 fully saturated rings. The fraction of sp³-hybridized carbons (Fsp3) is 0.571. The van der Waals surface area contributed by atoms with Crippen molar-refractivity contribution in [2.75, 3.05) is 20.1 Å². The van der Waals surface area contributed by atoms with E-state index in [2.05, 4.69) is 30.7 Å². The molecule has 100 valence electrons. The first-order chi connectivity index (χ1) is 8.47. The van der Waals surface area contributed by atoms with Crippen LogP contribution in [0.2, 0.25) is 0 Å². The Morgan fingerprint density at radius 3 is 2.50 bits per heavy atom. The lowest BCUT2D eigenvalue weighted by Crippen LogP contribution is -2.54. The highest BCUT2D eigenvalue weighted by atomic mass is 19.1. The van der Waals surface area contributed by atoms with Crippen LogP contribution < -0.4 is 0 Å². The van der Waals surface area contributed by atoms with Crippen LogP contribution in [0.1, 0.15) is 19.4 Å². The van der Waals surface area contributed by atoms with Gasteiger partial charge in [0.2, 0.25) is 0 Å². The molecule has 1 aliphatic rings. The zero-order valence-electron chi connectivity index (χ0n) is 11.2. The van der Waals surface area contributed by atoms with Crippen molar-refractivity contribution in [1.82, 2.24) is 9.80 Å². The van der Waals surface area contributed by atoms with Crippen molar-refractivity contribution in [2.24, 2.45) is 0 Å². The fourth-order valence-corrected chi connectivity index (χ4v) is 2.56. The predicted molar refractivity (Wildman–Crippen MR) is 70.0 cm³/mol. The molecule has 1 aromatic carbocycles. The summed E-state index contributed by atoms with van der Waals surface area (Å²) in [6.07, 6.45) is 0. The summed E-state index contributed by atoms with van der Waals surface area (Å²) in [5.74, 6) is -0.117. The Morgan fingerprint density at radius 1 is 1.28 bits per heavy atom. The summed E-state index contributed by atoms with van der Waals surface area (Å²) in [5.41, 5.74) is 0.666. The van der Waals surface area contributed by atoms with E-state index >= 15 is 0 Å². The van der Waals surface area contributed by atoms with Crippen molar-refractivity contribution in [1.29, 1.82) is 0 Å². The molecule has 1 aromatic rings. The Kier molecular flexibility index (Phi) is 3.88. The molecule has 1 N–H and O–H groups in total. The van der Waals surface area contributed by atoms with Crippen LogP contribution in [-0.4, -0.2) is 47.1 Å². The van der Waals surface area contributed by atoms with E-state index < -0.39 is 0 Å². The standard InChI is InChI=1S/C14H21FN2O/c1-10-7-17(8-11(2)16(10)3)9-12-6-13(15)4-5-14(12)18/h4-6,10-11,18H,7-9H2,1-3H3. The summed E-state index contributed by atoms with van der Waals surface area (Å²) < 4.78 is 13.2. The first kappa shape index (κ1) is 13.3. The minimum atomic E-state index is -0.293. The maximum Gasteiger partial charge on any atom is 0.123 e. The molecule has 18 heavy (non-hydrogen) atoms. The van der Waals surface area contributed by atoms with Gasteiger partial charge in [-0.1, -0.05) is 0 Å². The lowest BCUT2D eigenvalue weighted by molar-refractivity contribution is 0.0551. The molecule has 0 spiro atoms. The number of phenolic OH excluding ortho intramolecular Hbond substituents is 1. The average molecular weight is 252 g/mol.